The Balaban J connectivity index is 1.72. The van der Waals surface area contributed by atoms with Crippen LogP contribution in [0.2, 0.25) is 0 Å². The van der Waals surface area contributed by atoms with Gasteiger partial charge in [0.2, 0.25) is 5.91 Å². The van der Waals surface area contributed by atoms with E-state index in [1.54, 1.807) is 13.3 Å². The van der Waals surface area contributed by atoms with Gasteiger partial charge in [-0.1, -0.05) is 17.3 Å². The lowest BCUT2D eigenvalue weighted by atomic mass is 9.95. The maximum absolute atomic E-state index is 12.6. The molecule has 134 valence electrons. The summed E-state index contributed by atoms with van der Waals surface area (Å²) in [5.41, 5.74) is 2.07. The standard InChI is InChI=1S/C18H24N4O3/c1-24-17-5-3-14(4-6-17)11-15-7-9-22-16(12-20-21-22)13-25-10-2-8-19-18(15)23/h3-6,12,15H,2,7-11,13H2,1H3,(H,19,23)/t15-/m0/s1. The van der Waals surface area contributed by atoms with Crippen molar-refractivity contribution in [2.45, 2.75) is 32.4 Å². The number of hydrogen-bond acceptors (Lipinski definition) is 5. The third-order valence-corrected chi connectivity index (χ3v) is 4.41. The van der Waals surface area contributed by atoms with Crippen LogP contribution < -0.4 is 10.1 Å². The van der Waals surface area contributed by atoms with E-state index < -0.39 is 0 Å². The molecule has 0 bridgehead atoms. The Morgan fingerprint density at radius 3 is 3.00 bits per heavy atom. The monoisotopic (exact) mass is 344 g/mol. The van der Waals surface area contributed by atoms with Crippen molar-refractivity contribution in [3.05, 3.63) is 41.7 Å². The summed E-state index contributed by atoms with van der Waals surface area (Å²) < 4.78 is 12.6. The van der Waals surface area contributed by atoms with Crippen LogP contribution in [0.15, 0.2) is 30.5 Å². The predicted octanol–water partition coefficient (Wildman–Crippen LogP) is 1.57. The lowest BCUT2D eigenvalue weighted by Gasteiger charge is -2.19. The third-order valence-electron chi connectivity index (χ3n) is 4.41. The zero-order valence-corrected chi connectivity index (χ0v) is 14.5. The molecule has 1 aliphatic heterocycles. The number of nitrogens with one attached hydrogen (secondary N) is 1. The molecule has 0 spiro atoms. The van der Waals surface area contributed by atoms with Crippen LogP contribution in [0.25, 0.3) is 0 Å². The number of rotatable bonds is 3. The molecule has 1 aromatic carbocycles. The lowest BCUT2D eigenvalue weighted by molar-refractivity contribution is -0.125. The van der Waals surface area contributed by atoms with E-state index in [0.717, 1.165) is 23.4 Å². The van der Waals surface area contributed by atoms with Crippen molar-refractivity contribution in [2.24, 2.45) is 5.92 Å². The molecule has 1 aliphatic rings. The molecule has 0 saturated heterocycles. The highest BCUT2D eigenvalue weighted by Crippen LogP contribution is 2.18. The van der Waals surface area contributed by atoms with Crippen molar-refractivity contribution >= 4 is 5.91 Å². The smallest absolute Gasteiger partial charge is 0.223 e. The molecule has 1 atom stereocenters. The summed E-state index contributed by atoms with van der Waals surface area (Å²) in [6, 6.07) is 7.87. The summed E-state index contributed by atoms with van der Waals surface area (Å²) >= 11 is 0. The molecule has 0 saturated carbocycles. The Bertz CT molecular complexity index is 684. The number of methoxy groups -OCH3 is 1. The van der Waals surface area contributed by atoms with Gasteiger partial charge in [0.15, 0.2) is 0 Å². The van der Waals surface area contributed by atoms with E-state index in [0.29, 0.717) is 39.1 Å². The fraction of sp³-hybridized carbons (Fsp3) is 0.500. The molecule has 7 nitrogen and oxygen atoms in total. The van der Waals surface area contributed by atoms with Crippen LogP contribution in [0, 0.1) is 5.92 Å². The van der Waals surface area contributed by atoms with Gasteiger partial charge in [-0.3, -0.25) is 4.79 Å². The first-order valence-electron chi connectivity index (χ1n) is 8.62. The lowest BCUT2D eigenvalue weighted by Crippen LogP contribution is -2.34. The summed E-state index contributed by atoms with van der Waals surface area (Å²) in [4.78, 5) is 12.6. The summed E-state index contributed by atoms with van der Waals surface area (Å²) in [5.74, 6) is 0.794. The molecule has 2 heterocycles. The molecule has 1 N–H and O–H groups in total. The first-order valence-corrected chi connectivity index (χ1v) is 8.62. The number of ether oxygens (including phenoxy) is 2. The largest absolute Gasteiger partial charge is 0.497 e. The topological polar surface area (TPSA) is 78.3 Å². The summed E-state index contributed by atoms with van der Waals surface area (Å²) in [5, 5.41) is 11.1. The Morgan fingerprint density at radius 2 is 2.20 bits per heavy atom. The normalized spacial score (nSPS) is 19.2. The van der Waals surface area contributed by atoms with Crippen LogP contribution in [0.3, 0.4) is 0 Å². The van der Waals surface area contributed by atoms with Crippen molar-refractivity contribution in [1.29, 1.82) is 0 Å². The first kappa shape index (κ1) is 17.4. The van der Waals surface area contributed by atoms with Gasteiger partial charge in [0, 0.05) is 25.6 Å². The number of benzene rings is 1. The van der Waals surface area contributed by atoms with Crippen molar-refractivity contribution in [3.8, 4) is 5.75 Å². The van der Waals surface area contributed by atoms with Gasteiger partial charge < -0.3 is 14.8 Å². The predicted molar refractivity (Wildman–Crippen MR) is 92.1 cm³/mol. The molecular weight excluding hydrogens is 320 g/mol. The maximum atomic E-state index is 12.6. The highest BCUT2D eigenvalue weighted by molar-refractivity contribution is 5.78. The van der Waals surface area contributed by atoms with Gasteiger partial charge in [-0.2, -0.15) is 0 Å². The summed E-state index contributed by atoms with van der Waals surface area (Å²) in [6.07, 6.45) is 3.91. The second-order valence-electron chi connectivity index (χ2n) is 6.18. The Morgan fingerprint density at radius 1 is 1.36 bits per heavy atom. The minimum atomic E-state index is -0.106. The SMILES string of the molecule is COc1ccc(C[C@@H]2CCn3nncc3COCCCNC2=O)cc1. The zero-order chi connectivity index (χ0) is 17.5. The molecule has 0 aliphatic carbocycles. The van der Waals surface area contributed by atoms with Crippen LogP contribution in [0.4, 0.5) is 0 Å². The Hall–Kier alpha value is -2.41. The second-order valence-corrected chi connectivity index (χ2v) is 6.18. The number of hydrogen-bond donors (Lipinski definition) is 1. The molecule has 1 amide bonds. The minimum absolute atomic E-state index is 0.0815. The highest BCUT2D eigenvalue weighted by atomic mass is 16.5. The van der Waals surface area contributed by atoms with Crippen LogP contribution in [0.5, 0.6) is 5.75 Å². The minimum Gasteiger partial charge on any atom is -0.497 e. The van der Waals surface area contributed by atoms with E-state index >= 15 is 0 Å². The van der Waals surface area contributed by atoms with Crippen LogP contribution in [-0.4, -0.2) is 41.2 Å². The quantitative estimate of drug-likeness (QED) is 0.914. The van der Waals surface area contributed by atoms with Crippen LogP contribution >= 0.6 is 0 Å². The number of carbonyl (C=O) groups excluding carboxylic acids is 1. The fourth-order valence-electron chi connectivity index (χ4n) is 2.94. The molecule has 25 heavy (non-hydrogen) atoms. The number of fused-ring (bicyclic) bond motifs is 1. The molecule has 1 aromatic heterocycles. The third kappa shape index (κ3) is 4.79. The van der Waals surface area contributed by atoms with Gasteiger partial charge in [0.25, 0.3) is 0 Å². The van der Waals surface area contributed by atoms with E-state index in [-0.39, 0.29) is 11.8 Å². The molecule has 0 unspecified atom stereocenters. The highest BCUT2D eigenvalue weighted by Gasteiger charge is 2.20. The number of carbonyl (C=O) groups is 1. The van der Waals surface area contributed by atoms with E-state index in [4.69, 9.17) is 9.47 Å². The van der Waals surface area contributed by atoms with Crippen LogP contribution in [0.1, 0.15) is 24.1 Å². The van der Waals surface area contributed by atoms with Crippen molar-refractivity contribution in [1.82, 2.24) is 20.3 Å². The zero-order valence-electron chi connectivity index (χ0n) is 14.5. The number of aryl methyl sites for hydroxylation is 1. The number of nitrogens with zero attached hydrogens (tertiary/aromatic N) is 3. The van der Waals surface area contributed by atoms with Gasteiger partial charge in [0.05, 0.1) is 25.6 Å². The summed E-state index contributed by atoms with van der Waals surface area (Å²) in [6.45, 7) is 2.39. The first-order chi connectivity index (χ1) is 12.3. The van der Waals surface area contributed by atoms with Crippen LogP contribution in [-0.2, 0) is 29.1 Å². The molecule has 7 heteroatoms. The van der Waals surface area contributed by atoms with E-state index in [9.17, 15) is 4.79 Å². The van der Waals surface area contributed by atoms with E-state index in [2.05, 4.69) is 15.6 Å². The average molecular weight is 344 g/mol. The second kappa shape index (κ2) is 8.62. The molecular formula is C18H24N4O3. The Labute approximate surface area is 147 Å². The van der Waals surface area contributed by atoms with Gasteiger partial charge in [-0.25, -0.2) is 4.68 Å². The van der Waals surface area contributed by atoms with Crippen molar-refractivity contribution in [3.63, 3.8) is 0 Å². The van der Waals surface area contributed by atoms with E-state index in [1.807, 2.05) is 28.9 Å². The fourth-order valence-corrected chi connectivity index (χ4v) is 2.94. The molecule has 2 aromatic rings. The molecule has 0 fully saturated rings. The van der Waals surface area contributed by atoms with Crippen molar-refractivity contribution < 1.29 is 14.3 Å². The van der Waals surface area contributed by atoms with Gasteiger partial charge >= 0.3 is 0 Å². The van der Waals surface area contributed by atoms with Gasteiger partial charge in [-0.05, 0) is 37.0 Å². The molecule has 3 rings (SSSR count). The Kier molecular flexibility index (Phi) is 6.00. The van der Waals surface area contributed by atoms with Crippen molar-refractivity contribution in [2.75, 3.05) is 20.3 Å². The van der Waals surface area contributed by atoms with Gasteiger partial charge in [0.1, 0.15) is 5.75 Å². The van der Waals surface area contributed by atoms with Gasteiger partial charge in [-0.15, -0.1) is 5.10 Å². The number of amides is 1. The maximum Gasteiger partial charge on any atom is 0.223 e. The summed E-state index contributed by atoms with van der Waals surface area (Å²) in [7, 11) is 1.65. The van der Waals surface area contributed by atoms with E-state index in [1.165, 1.54) is 0 Å². The molecule has 0 radical (unpaired) electrons. The average Bonchev–Trinajstić information content (AvgIpc) is 3.08. The number of aromatic nitrogens is 3.